The Morgan fingerprint density at radius 3 is 2.55 bits per heavy atom. The third kappa shape index (κ3) is 3.38. The lowest BCUT2D eigenvalue weighted by molar-refractivity contribution is -0.120. The zero-order valence-electron chi connectivity index (χ0n) is 12.0. The highest BCUT2D eigenvalue weighted by molar-refractivity contribution is 5.79. The van der Waals surface area contributed by atoms with E-state index < -0.39 is 0 Å². The van der Waals surface area contributed by atoms with Crippen LogP contribution in [0.25, 0.3) is 0 Å². The van der Waals surface area contributed by atoms with E-state index in [2.05, 4.69) is 15.5 Å². The Hall–Kier alpha value is -2.30. The molecule has 1 aromatic heterocycles. The number of aromatic nitrogens is 2. The number of H-pyrrole nitrogens is 1. The molecule has 0 fully saturated rings. The number of aryl methyl sites for hydroxylation is 2. The minimum atomic E-state index is -0.00609. The van der Waals surface area contributed by atoms with Crippen molar-refractivity contribution in [2.75, 3.05) is 7.11 Å². The van der Waals surface area contributed by atoms with E-state index in [9.17, 15) is 4.79 Å². The number of carbonyl (C=O) groups is 1. The summed E-state index contributed by atoms with van der Waals surface area (Å²) in [5, 5.41) is 9.88. The number of hydrogen-bond donors (Lipinski definition) is 2. The molecular formula is C15H19N3O2. The van der Waals surface area contributed by atoms with Crippen molar-refractivity contribution in [1.82, 2.24) is 15.5 Å². The summed E-state index contributed by atoms with van der Waals surface area (Å²) in [7, 11) is 1.63. The molecule has 0 radical (unpaired) electrons. The van der Waals surface area contributed by atoms with Crippen LogP contribution in [-0.4, -0.2) is 23.2 Å². The van der Waals surface area contributed by atoms with Gasteiger partial charge in [0, 0.05) is 17.8 Å². The molecule has 0 saturated heterocycles. The molecule has 0 bridgehead atoms. The van der Waals surface area contributed by atoms with Crippen LogP contribution >= 0.6 is 0 Å². The summed E-state index contributed by atoms with van der Waals surface area (Å²) >= 11 is 0. The van der Waals surface area contributed by atoms with E-state index in [-0.39, 0.29) is 5.91 Å². The lowest BCUT2D eigenvalue weighted by atomic mass is 10.1. The molecule has 1 aromatic carbocycles. The van der Waals surface area contributed by atoms with Crippen molar-refractivity contribution in [3.05, 3.63) is 46.8 Å². The molecule has 2 aromatic rings. The number of ether oxygens (including phenoxy) is 1. The minimum Gasteiger partial charge on any atom is -0.497 e. The maximum Gasteiger partial charge on any atom is 0.224 e. The van der Waals surface area contributed by atoms with Gasteiger partial charge in [0.1, 0.15) is 5.75 Å². The van der Waals surface area contributed by atoms with E-state index in [0.717, 1.165) is 28.3 Å². The number of nitrogens with one attached hydrogen (secondary N) is 2. The predicted octanol–water partition coefficient (Wildman–Crippen LogP) is 1.89. The number of nitrogens with zero attached hydrogens (tertiary/aromatic N) is 1. The number of hydrogen-bond acceptors (Lipinski definition) is 3. The summed E-state index contributed by atoms with van der Waals surface area (Å²) < 4.78 is 5.09. The molecule has 0 aliphatic heterocycles. The van der Waals surface area contributed by atoms with E-state index in [0.29, 0.717) is 13.0 Å². The fourth-order valence-electron chi connectivity index (χ4n) is 2.00. The molecule has 20 heavy (non-hydrogen) atoms. The summed E-state index contributed by atoms with van der Waals surface area (Å²) in [6.45, 7) is 4.33. The molecule has 2 rings (SSSR count). The lowest BCUT2D eigenvalue weighted by Gasteiger charge is -2.06. The molecule has 1 heterocycles. The van der Waals surface area contributed by atoms with Crippen molar-refractivity contribution < 1.29 is 9.53 Å². The Balaban J connectivity index is 1.89. The van der Waals surface area contributed by atoms with Crippen molar-refractivity contribution in [3.8, 4) is 5.75 Å². The Bertz CT molecular complexity index is 568. The molecule has 1 amide bonds. The van der Waals surface area contributed by atoms with E-state index in [1.807, 2.05) is 38.1 Å². The van der Waals surface area contributed by atoms with E-state index in [4.69, 9.17) is 4.74 Å². The highest BCUT2D eigenvalue weighted by Gasteiger charge is 2.11. The number of methoxy groups -OCH3 is 1. The van der Waals surface area contributed by atoms with Gasteiger partial charge in [0.25, 0.3) is 0 Å². The molecule has 0 atom stereocenters. The van der Waals surface area contributed by atoms with Crippen molar-refractivity contribution in [3.63, 3.8) is 0 Å². The minimum absolute atomic E-state index is 0.00609. The molecule has 5 heteroatoms. The average Bonchev–Trinajstić information content (AvgIpc) is 2.77. The number of benzene rings is 1. The van der Waals surface area contributed by atoms with E-state index in [1.54, 1.807) is 7.11 Å². The summed E-state index contributed by atoms with van der Waals surface area (Å²) in [6.07, 6.45) is 0.352. The van der Waals surface area contributed by atoms with Crippen LogP contribution in [0.1, 0.15) is 22.5 Å². The Morgan fingerprint density at radius 1 is 1.30 bits per heavy atom. The fraction of sp³-hybridized carbons (Fsp3) is 0.333. The van der Waals surface area contributed by atoms with Gasteiger partial charge in [0.15, 0.2) is 0 Å². The average molecular weight is 273 g/mol. The number of rotatable bonds is 5. The lowest BCUT2D eigenvalue weighted by Crippen LogP contribution is -2.24. The van der Waals surface area contributed by atoms with Gasteiger partial charge in [0.05, 0.1) is 19.2 Å². The first-order valence-electron chi connectivity index (χ1n) is 6.50. The van der Waals surface area contributed by atoms with Gasteiger partial charge in [-0.3, -0.25) is 9.89 Å². The fourth-order valence-corrected chi connectivity index (χ4v) is 2.00. The second-order valence-electron chi connectivity index (χ2n) is 4.71. The van der Waals surface area contributed by atoms with Crippen molar-refractivity contribution in [2.45, 2.75) is 26.8 Å². The topological polar surface area (TPSA) is 67.0 Å². The SMILES string of the molecule is COc1ccc(CNC(=O)Cc2c(C)n[nH]c2C)cc1. The van der Waals surface area contributed by atoms with Crippen molar-refractivity contribution in [1.29, 1.82) is 0 Å². The maximum absolute atomic E-state index is 11.9. The summed E-state index contributed by atoms with van der Waals surface area (Å²) in [5.74, 6) is 0.804. The van der Waals surface area contributed by atoms with Crippen LogP contribution in [0.2, 0.25) is 0 Å². The Labute approximate surface area is 118 Å². The zero-order chi connectivity index (χ0) is 14.5. The number of amides is 1. The first kappa shape index (κ1) is 14.1. The standard InChI is InChI=1S/C15H19N3O2/c1-10-14(11(2)18-17-10)8-15(19)16-9-12-4-6-13(20-3)7-5-12/h4-7H,8-9H2,1-3H3,(H,16,19)(H,17,18). The summed E-state index contributed by atoms with van der Waals surface area (Å²) in [4.78, 5) is 11.9. The van der Waals surface area contributed by atoms with Gasteiger partial charge < -0.3 is 10.1 Å². The molecule has 0 spiro atoms. The third-order valence-corrected chi connectivity index (χ3v) is 3.27. The maximum atomic E-state index is 11.9. The molecule has 0 unspecified atom stereocenters. The van der Waals surface area contributed by atoms with E-state index >= 15 is 0 Å². The third-order valence-electron chi connectivity index (χ3n) is 3.27. The molecule has 106 valence electrons. The van der Waals surface area contributed by atoms with Gasteiger partial charge in [-0.1, -0.05) is 12.1 Å². The first-order valence-corrected chi connectivity index (χ1v) is 6.50. The smallest absolute Gasteiger partial charge is 0.224 e. The molecular weight excluding hydrogens is 254 g/mol. The normalized spacial score (nSPS) is 10.3. The predicted molar refractivity (Wildman–Crippen MR) is 76.6 cm³/mol. The van der Waals surface area contributed by atoms with Gasteiger partial charge in [-0.05, 0) is 31.5 Å². The van der Waals surface area contributed by atoms with Gasteiger partial charge in [-0.15, -0.1) is 0 Å². The molecule has 0 saturated carbocycles. The summed E-state index contributed by atoms with van der Waals surface area (Å²) in [6, 6.07) is 7.64. The highest BCUT2D eigenvalue weighted by atomic mass is 16.5. The monoisotopic (exact) mass is 273 g/mol. The second kappa shape index (κ2) is 6.23. The molecule has 2 N–H and O–H groups in total. The quantitative estimate of drug-likeness (QED) is 0.874. The van der Waals surface area contributed by atoms with Crippen LogP contribution < -0.4 is 10.1 Å². The first-order chi connectivity index (χ1) is 9.60. The number of aromatic amines is 1. The van der Waals surface area contributed by atoms with Crippen molar-refractivity contribution in [2.24, 2.45) is 0 Å². The van der Waals surface area contributed by atoms with Crippen LogP contribution in [-0.2, 0) is 17.8 Å². The second-order valence-corrected chi connectivity index (χ2v) is 4.71. The van der Waals surface area contributed by atoms with Crippen LogP contribution in [0.3, 0.4) is 0 Å². The molecule has 0 aliphatic carbocycles. The Morgan fingerprint density at radius 2 is 2.00 bits per heavy atom. The van der Waals surface area contributed by atoms with E-state index in [1.165, 1.54) is 0 Å². The molecule has 5 nitrogen and oxygen atoms in total. The van der Waals surface area contributed by atoms with Gasteiger partial charge in [-0.25, -0.2) is 0 Å². The highest BCUT2D eigenvalue weighted by Crippen LogP contribution is 2.12. The van der Waals surface area contributed by atoms with Gasteiger partial charge in [-0.2, -0.15) is 5.10 Å². The van der Waals surface area contributed by atoms with Crippen LogP contribution in [0, 0.1) is 13.8 Å². The zero-order valence-corrected chi connectivity index (χ0v) is 12.0. The van der Waals surface area contributed by atoms with Crippen LogP contribution in [0.15, 0.2) is 24.3 Å². The largest absolute Gasteiger partial charge is 0.497 e. The summed E-state index contributed by atoms with van der Waals surface area (Å²) in [5.41, 5.74) is 3.83. The van der Waals surface area contributed by atoms with Crippen molar-refractivity contribution >= 4 is 5.91 Å². The van der Waals surface area contributed by atoms with Crippen LogP contribution in [0.5, 0.6) is 5.75 Å². The van der Waals surface area contributed by atoms with Gasteiger partial charge >= 0.3 is 0 Å². The van der Waals surface area contributed by atoms with Crippen LogP contribution in [0.4, 0.5) is 0 Å². The Kier molecular flexibility index (Phi) is 4.40. The van der Waals surface area contributed by atoms with Gasteiger partial charge in [0.2, 0.25) is 5.91 Å². The molecule has 0 aliphatic rings. The number of carbonyl (C=O) groups excluding carboxylic acids is 1.